The summed E-state index contributed by atoms with van der Waals surface area (Å²) < 4.78 is 13.9. The van der Waals surface area contributed by atoms with Crippen molar-refractivity contribution in [3.63, 3.8) is 0 Å². The maximum Gasteiger partial charge on any atom is 0.242 e. The minimum absolute atomic E-state index is 0.110. The van der Waals surface area contributed by atoms with E-state index in [1.807, 2.05) is 24.3 Å². The first-order valence-electron chi connectivity index (χ1n) is 8.48. The third-order valence-corrected chi connectivity index (χ3v) is 5.60. The summed E-state index contributed by atoms with van der Waals surface area (Å²) in [4.78, 5) is 26.4. The Bertz CT molecular complexity index is 769. The molecule has 0 aromatic heterocycles. The monoisotopic (exact) mass is 452 g/mol. The van der Waals surface area contributed by atoms with Gasteiger partial charge in [-0.05, 0) is 42.3 Å². The minimum Gasteiger partial charge on any atom is -0.357 e. The van der Waals surface area contributed by atoms with Gasteiger partial charge in [0.2, 0.25) is 11.8 Å². The van der Waals surface area contributed by atoms with E-state index < -0.39 is 6.04 Å². The zero-order valence-corrected chi connectivity index (χ0v) is 17.6. The van der Waals surface area contributed by atoms with Crippen molar-refractivity contribution >= 4 is 39.5 Å². The van der Waals surface area contributed by atoms with Crippen molar-refractivity contribution in [1.29, 1.82) is 0 Å². The van der Waals surface area contributed by atoms with Crippen LogP contribution in [0.1, 0.15) is 18.1 Å². The van der Waals surface area contributed by atoms with E-state index in [0.717, 1.165) is 15.6 Å². The van der Waals surface area contributed by atoms with E-state index in [2.05, 4.69) is 21.2 Å². The van der Waals surface area contributed by atoms with Crippen molar-refractivity contribution in [2.75, 3.05) is 12.8 Å². The van der Waals surface area contributed by atoms with Crippen LogP contribution in [0.5, 0.6) is 0 Å². The van der Waals surface area contributed by atoms with E-state index in [0.29, 0.717) is 12.3 Å². The smallest absolute Gasteiger partial charge is 0.242 e. The maximum absolute atomic E-state index is 13.0. The Labute approximate surface area is 171 Å². The van der Waals surface area contributed by atoms with Gasteiger partial charge in [-0.2, -0.15) is 0 Å². The van der Waals surface area contributed by atoms with E-state index in [1.165, 1.54) is 23.9 Å². The van der Waals surface area contributed by atoms with Crippen LogP contribution in [0.4, 0.5) is 4.39 Å². The highest BCUT2D eigenvalue weighted by molar-refractivity contribution is 9.10. The second-order valence-electron chi connectivity index (χ2n) is 6.06. The second kappa shape index (κ2) is 10.5. The Balaban J connectivity index is 2.02. The van der Waals surface area contributed by atoms with E-state index in [1.54, 1.807) is 31.0 Å². The zero-order chi connectivity index (χ0) is 19.8. The van der Waals surface area contributed by atoms with Gasteiger partial charge >= 0.3 is 0 Å². The standard InChI is InChI=1S/C20H22BrFN2O2S/c1-14(20(26)23-2)24(11-15-3-7-17(21)8-4-15)19(25)13-27-12-16-5-9-18(22)10-6-16/h3-10,14H,11-13H2,1-2H3,(H,23,26)/t14-/m1/s1. The fourth-order valence-corrected chi connectivity index (χ4v) is 3.63. The van der Waals surface area contributed by atoms with E-state index in [9.17, 15) is 14.0 Å². The Morgan fingerprint density at radius 1 is 1.11 bits per heavy atom. The predicted octanol–water partition coefficient (Wildman–Crippen LogP) is 3.98. The molecule has 27 heavy (non-hydrogen) atoms. The Kier molecular flexibility index (Phi) is 8.31. The summed E-state index contributed by atoms with van der Waals surface area (Å²) in [5, 5.41) is 2.60. The first-order chi connectivity index (χ1) is 12.9. The molecule has 2 aromatic carbocycles. The minimum atomic E-state index is -0.572. The quantitative estimate of drug-likeness (QED) is 0.658. The van der Waals surface area contributed by atoms with Crippen LogP contribution < -0.4 is 5.32 Å². The van der Waals surface area contributed by atoms with E-state index in [-0.39, 0.29) is 23.4 Å². The number of carbonyl (C=O) groups is 2. The fraction of sp³-hybridized carbons (Fsp3) is 0.300. The molecule has 2 amide bonds. The summed E-state index contributed by atoms with van der Waals surface area (Å²) in [6, 6.07) is 13.3. The molecule has 0 radical (unpaired) electrons. The first kappa shape index (κ1) is 21.4. The number of halogens is 2. The lowest BCUT2D eigenvalue weighted by molar-refractivity contribution is -0.138. The van der Waals surface area contributed by atoms with Crippen LogP contribution in [0.25, 0.3) is 0 Å². The molecule has 144 valence electrons. The number of thioether (sulfide) groups is 1. The van der Waals surface area contributed by atoms with Gasteiger partial charge in [0.15, 0.2) is 0 Å². The number of nitrogens with one attached hydrogen (secondary N) is 1. The summed E-state index contributed by atoms with van der Waals surface area (Å²) in [5.41, 5.74) is 1.90. The van der Waals surface area contributed by atoms with Gasteiger partial charge in [0.05, 0.1) is 5.75 Å². The average Bonchev–Trinajstić information content (AvgIpc) is 2.67. The number of nitrogens with zero attached hydrogens (tertiary/aromatic N) is 1. The lowest BCUT2D eigenvalue weighted by Gasteiger charge is -2.28. The maximum atomic E-state index is 13.0. The summed E-state index contributed by atoms with van der Waals surface area (Å²) in [6.07, 6.45) is 0. The third kappa shape index (κ3) is 6.66. The molecule has 1 atom stereocenters. The molecule has 0 fully saturated rings. The molecule has 0 aliphatic rings. The summed E-state index contributed by atoms with van der Waals surface area (Å²) >= 11 is 4.84. The van der Waals surface area contributed by atoms with E-state index in [4.69, 9.17) is 0 Å². The van der Waals surface area contributed by atoms with Crippen LogP contribution in [0, 0.1) is 5.82 Å². The fourth-order valence-electron chi connectivity index (χ4n) is 2.50. The molecule has 1 N–H and O–H groups in total. The highest BCUT2D eigenvalue weighted by atomic mass is 79.9. The van der Waals surface area contributed by atoms with Crippen LogP contribution in [0.2, 0.25) is 0 Å². The Hall–Kier alpha value is -1.86. The lowest BCUT2D eigenvalue weighted by atomic mass is 10.1. The van der Waals surface area contributed by atoms with Crippen LogP contribution >= 0.6 is 27.7 Å². The molecular weight excluding hydrogens is 431 g/mol. The summed E-state index contributed by atoms with van der Waals surface area (Å²) in [7, 11) is 1.56. The molecule has 0 bridgehead atoms. The topological polar surface area (TPSA) is 49.4 Å². The van der Waals surface area contributed by atoms with Crippen LogP contribution in [-0.2, 0) is 21.9 Å². The molecule has 4 nitrogen and oxygen atoms in total. The molecule has 2 rings (SSSR count). The van der Waals surface area contributed by atoms with Gasteiger partial charge < -0.3 is 10.2 Å². The van der Waals surface area contributed by atoms with Gasteiger partial charge in [-0.15, -0.1) is 11.8 Å². The molecule has 0 aliphatic heterocycles. The summed E-state index contributed by atoms with van der Waals surface area (Å²) in [6.45, 7) is 2.08. The first-order valence-corrected chi connectivity index (χ1v) is 10.4. The largest absolute Gasteiger partial charge is 0.357 e. The number of hydrogen-bond donors (Lipinski definition) is 1. The molecule has 2 aromatic rings. The normalized spacial score (nSPS) is 11.7. The highest BCUT2D eigenvalue weighted by Gasteiger charge is 2.25. The molecular formula is C20H22BrFN2O2S. The summed E-state index contributed by atoms with van der Waals surface area (Å²) in [5.74, 6) is 0.256. The number of benzene rings is 2. The second-order valence-corrected chi connectivity index (χ2v) is 7.96. The lowest BCUT2D eigenvalue weighted by Crippen LogP contribution is -2.47. The van der Waals surface area contributed by atoms with Gasteiger partial charge in [-0.1, -0.05) is 40.2 Å². The predicted molar refractivity (Wildman–Crippen MR) is 111 cm³/mol. The number of rotatable bonds is 8. The van der Waals surface area contributed by atoms with Gasteiger partial charge in [-0.3, -0.25) is 9.59 Å². The number of likely N-dealkylation sites (N-methyl/N-ethyl adjacent to an activating group) is 1. The van der Waals surface area contributed by atoms with Crippen molar-refractivity contribution in [3.8, 4) is 0 Å². The van der Waals surface area contributed by atoms with Crippen molar-refractivity contribution in [3.05, 3.63) is 69.9 Å². The molecule has 0 saturated carbocycles. The van der Waals surface area contributed by atoms with Crippen molar-refractivity contribution < 1.29 is 14.0 Å². The SMILES string of the molecule is CNC(=O)[C@@H](C)N(Cc1ccc(Br)cc1)C(=O)CSCc1ccc(F)cc1. The highest BCUT2D eigenvalue weighted by Crippen LogP contribution is 2.17. The Morgan fingerprint density at radius 2 is 1.70 bits per heavy atom. The zero-order valence-electron chi connectivity index (χ0n) is 15.2. The molecule has 0 spiro atoms. The van der Waals surface area contributed by atoms with Crippen LogP contribution in [-0.4, -0.2) is 35.6 Å². The number of amides is 2. The molecule has 7 heteroatoms. The molecule has 0 saturated heterocycles. The van der Waals surface area contributed by atoms with Crippen LogP contribution in [0.3, 0.4) is 0 Å². The molecule has 0 unspecified atom stereocenters. The molecule has 0 aliphatic carbocycles. The number of carbonyl (C=O) groups excluding carboxylic acids is 2. The van der Waals surface area contributed by atoms with Crippen LogP contribution in [0.15, 0.2) is 53.0 Å². The van der Waals surface area contributed by atoms with Gasteiger partial charge in [-0.25, -0.2) is 4.39 Å². The van der Waals surface area contributed by atoms with Crippen molar-refractivity contribution in [2.45, 2.75) is 25.3 Å². The Morgan fingerprint density at radius 3 is 2.30 bits per heavy atom. The third-order valence-electron chi connectivity index (χ3n) is 4.09. The van der Waals surface area contributed by atoms with Gasteiger partial charge in [0.1, 0.15) is 11.9 Å². The molecule has 0 heterocycles. The number of hydrogen-bond acceptors (Lipinski definition) is 3. The van der Waals surface area contributed by atoms with Gasteiger partial charge in [0, 0.05) is 23.8 Å². The van der Waals surface area contributed by atoms with Crippen molar-refractivity contribution in [2.24, 2.45) is 0 Å². The van der Waals surface area contributed by atoms with Gasteiger partial charge in [0.25, 0.3) is 0 Å². The van der Waals surface area contributed by atoms with Crippen molar-refractivity contribution in [1.82, 2.24) is 10.2 Å². The average molecular weight is 453 g/mol. The van der Waals surface area contributed by atoms with E-state index >= 15 is 0 Å².